The molecule has 0 saturated heterocycles. The van der Waals surface area contributed by atoms with Crippen LogP contribution in [0.15, 0.2) is 17.5 Å². The van der Waals surface area contributed by atoms with Crippen LogP contribution in [0.25, 0.3) is 0 Å². The van der Waals surface area contributed by atoms with E-state index in [1.165, 1.54) is 16.2 Å². The van der Waals surface area contributed by atoms with Gasteiger partial charge in [0.25, 0.3) is 5.91 Å². The highest BCUT2D eigenvalue weighted by molar-refractivity contribution is 7.80. The van der Waals surface area contributed by atoms with E-state index in [1.54, 1.807) is 6.07 Å². The standard InChI is InChI=1S/C10H15N3OS2/c1-13(2)6-5-11-10(15)12-9(14)8-4-3-7-16-8/h3-4,7H,5-6H2,1-2H3,(H2,11,12,14,15)/p+1. The lowest BCUT2D eigenvalue weighted by Gasteiger charge is -2.10. The predicted molar refractivity (Wildman–Crippen MR) is 70.1 cm³/mol. The molecule has 6 heteroatoms. The quantitative estimate of drug-likeness (QED) is 0.638. The summed E-state index contributed by atoms with van der Waals surface area (Å²) in [6, 6.07) is 3.61. The number of amides is 1. The number of likely N-dealkylation sites (N-methyl/N-ethyl adjacent to an activating group) is 1. The van der Waals surface area contributed by atoms with Crippen molar-refractivity contribution in [2.24, 2.45) is 0 Å². The molecule has 3 N–H and O–H groups in total. The van der Waals surface area contributed by atoms with Crippen molar-refractivity contribution in [3.05, 3.63) is 22.4 Å². The monoisotopic (exact) mass is 258 g/mol. The number of hydrogen-bond donors (Lipinski definition) is 3. The van der Waals surface area contributed by atoms with Crippen molar-refractivity contribution in [1.82, 2.24) is 10.6 Å². The molecule has 0 unspecified atom stereocenters. The van der Waals surface area contributed by atoms with Crippen LogP contribution in [-0.2, 0) is 0 Å². The van der Waals surface area contributed by atoms with E-state index in [2.05, 4.69) is 24.7 Å². The molecular weight excluding hydrogens is 242 g/mol. The van der Waals surface area contributed by atoms with E-state index < -0.39 is 0 Å². The summed E-state index contributed by atoms with van der Waals surface area (Å²) in [5.41, 5.74) is 0. The molecule has 4 nitrogen and oxygen atoms in total. The van der Waals surface area contributed by atoms with E-state index >= 15 is 0 Å². The molecule has 1 aromatic heterocycles. The summed E-state index contributed by atoms with van der Waals surface area (Å²) in [6.45, 7) is 1.71. The van der Waals surface area contributed by atoms with E-state index in [9.17, 15) is 4.79 Å². The fraction of sp³-hybridized carbons (Fsp3) is 0.400. The lowest BCUT2D eigenvalue weighted by Crippen LogP contribution is -3.06. The first-order valence-electron chi connectivity index (χ1n) is 5.01. The summed E-state index contributed by atoms with van der Waals surface area (Å²) < 4.78 is 0. The first kappa shape index (κ1) is 13.1. The second-order valence-corrected chi connectivity index (χ2v) is 5.00. The highest BCUT2D eigenvalue weighted by Crippen LogP contribution is 2.07. The van der Waals surface area contributed by atoms with Gasteiger partial charge >= 0.3 is 0 Å². The third-order valence-corrected chi connectivity index (χ3v) is 3.00. The Balaban J connectivity index is 2.27. The van der Waals surface area contributed by atoms with Crippen molar-refractivity contribution >= 4 is 34.6 Å². The van der Waals surface area contributed by atoms with Crippen molar-refractivity contribution in [3.63, 3.8) is 0 Å². The summed E-state index contributed by atoms with van der Waals surface area (Å²) in [6.07, 6.45) is 0. The molecule has 0 spiro atoms. The topological polar surface area (TPSA) is 45.6 Å². The van der Waals surface area contributed by atoms with E-state index in [-0.39, 0.29) is 5.91 Å². The van der Waals surface area contributed by atoms with Crippen LogP contribution in [0.5, 0.6) is 0 Å². The Labute approximate surface area is 105 Å². The average Bonchev–Trinajstić information content (AvgIpc) is 2.69. The minimum atomic E-state index is -0.148. The molecule has 0 radical (unpaired) electrons. The van der Waals surface area contributed by atoms with Crippen LogP contribution in [0.1, 0.15) is 9.67 Å². The second kappa shape index (κ2) is 6.57. The fourth-order valence-corrected chi connectivity index (χ4v) is 1.86. The normalized spacial score (nSPS) is 10.2. The van der Waals surface area contributed by atoms with Crippen LogP contribution in [0, 0.1) is 0 Å². The minimum absolute atomic E-state index is 0.148. The summed E-state index contributed by atoms with van der Waals surface area (Å²) in [5.74, 6) is -0.148. The van der Waals surface area contributed by atoms with Crippen molar-refractivity contribution < 1.29 is 9.69 Å². The van der Waals surface area contributed by atoms with Gasteiger partial charge in [-0.1, -0.05) is 6.07 Å². The Kier molecular flexibility index (Phi) is 5.37. The van der Waals surface area contributed by atoms with Gasteiger partial charge < -0.3 is 10.2 Å². The summed E-state index contributed by atoms with van der Waals surface area (Å²) in [7, 11) is 4.13. The third-order valence-electron chi connectivity index (χ3n) is 1.88. The van der Waals surface area contributed by atoms with E-state index in [0.717, 1.165) is 13.1 Å². The van der Waals surface area contributed by atoms with Gasteiger partial charge in [-0.3, -0.25) is 10.1 Å². The Morgan fingerprint density at radius 2 is 2.31 bits per heavy atom. The molecule has 0 fully saturated rings. The Morgan fingerprint density at radius 1 is 1.56 bits per heavy atom. The maximum Gasteiger partial charge on any atom is 0.267 e. The number of quaternary nitrogens is 1. The lowest BCUT2D eigenvalue weighted by atomic mass is 10.4. The van der Waals surface area contributed by atoms with Gasteiger partial charge in [0.2, 0.25) is 0 Å². The van der Waals surface area contributed by atoms with Gasteiger partial charge in [-0.05, 0) is 23.7 Å². The largest absolute Gasteiger partial charge is 0.357 e. The first-order chi connectivity index (χ1) is 7.59. The highest BCUT2D eigenvalue weighted by atomic mass is 32.1. The van der Waals surface area contributed by atoms with Gasteiger partial charge in [0.1, 0.15) is 0 Å². The van der Waals surface area contributed by atoms with Crippen LogP contribution >= 0.6 is 23.6 Å². The molecule has 1 heterocycles. The highest BCUT2D eigenvalue weighted by Gasteiger charge is 2.07. The van der Waals surface area contributed by atoms with Gasteiger partial charge in [0.05, 0.1) is 32.1 Å². The van der Waals surface area contributed by atoms with Gasteiger partial charge in [-0.2, -0.15) is 0 Å². The third kappa shape index (κ3) is 4.69. The zero-order chi connectivity index (χ0) is 12.0. The van der Waals surface area contributed by atoms with E-state index in [4.69, 9.17) is 12.2 Å². The molecule has 0 saturated carbocycles. The van der Waals surface area contributed by atoms with E-state index in [1.807, 2.05) is 11.4 Å². The van der Waals surface area contributed by atoms with E-state index in [0.29, 0.717) is 9.99 Å². The Bertz CT molecular complexity index is 349. The smallest absolute Gasteiger partial charge is 0.267 e. The van der Waals surface area contributed by atoms with Gasteiger partial charge in [0, 0.05) is 0 Å². The Morgan fingerprint density at radius 3 is 2.88 bits per heavy atom. The van der Waals surface area contributed by atoms with Crippen LogP contribution in [0.2, 0.25) is 0 Å². The zero-order valence-corrected chi connectivity index (χ0v) is 11.0. The summed E-state index contributed by atoms with van der Waals surface area (Å²) in [5, 5.41) is 7.88. The fourth-order valence-electron chi connectivity index (χ4n) is 1.04. The molecule has 0 atom stereocenters. The molecule has 0 aliphatic rings. The number of thiocarbonyl (C=S) groups is 1. The molecular formula is C10H16N3OS2+. The van der Waals surface area contributed by atoms with Crippen molar-refractivity contribution in [1.29, 1.82) is 0 Å². The number of thiophene rings is 1. The molecule has 0 aliphatic heterocycles. The van der Waals surface area contributed by atoms with Gasteiger partial charge in [0.15, 0.2) is 5.11 Å². The van der Waals surface area contributed by atoms with Crippen molar-refractivity contribution in [2.75, 3.05) is 27.2 Å². The van der Waals surface area contributed by atoms with Crippen LogP contribution < -0.4 is 15.5 Å². The van der Waals surface area contributed by atoms with Gasteiger partial charge in [-0.15, -0.1) is 11.3 Å². The number of carbonyl (C=O) groups is 1. The maximum atomic E-state index is 11.6. The van der Waals surface area contributed by atoms with Gasteiger partial charge in [-0.25, -0.2) is 0 Å². The average molecular weight is 258 g/mol. The molecule has 1 aromatic rings. The zero-order valence-electron chi connectivity index (χ0n) is 9.37. The summed E-state index contributed by atoms with van der Waals surface area (Å²) in [4.78, 5) is 13.6. The number of hydrogen-bond acceptors (Lipinski definition) is 3. The SMILES string of the molecule is C[NH+](C)CCNC(=S)NC(=O)c1cccs1. The first-order valence-corrected chi connectivity index (χ1v) is 6.30. The molecule has 0 aromatic carbocycles. The number of carbonyl (C=O) groups excluding carboxylic acids is 1. The van der Waals surface area contributed by atoms with Crippen LogP contribution in [-0.4, -0.2) is 38.2 Å². The number of nitrogens with one attached hydrogen (secondary N) is 3. The molecule has 0 aliphatic carbocycles. The summed E-state index contributed by atoms with van der Waals surface area (Å²) >= 11 is 6.41. The predicted octanol–water partition coefficient (Wildman–Crippen LogP) is -0.503. The van der Waals surface area contributed by atoms with Crippen molar-refractivity contribution in [2.45, 2.75) is 0 Å². The molecule has 1 amide bonds. The molecule has 16 heavy (non-hydrogen) atoms. The van der Waals surface area contributed by atoms with Crippen LogP contribution in [0.3, 0.4) is 0 Å². The Hall–Kier alpha value is -0.980. The lowest BCUT2D eigenvalue weighted by molar-refractivity contribution is -0.856. The van der Waals surface area contributed by atoms with Crippen LogP contribution in [0.4, 0.5) is 0 Å². The molecule has 88 valence electrons. The van der Waals surface area contributed by atoms with Crippen molar-refractivity contribution in [3.8, 4) is 0 Å². The second-order valence-electron chi connectivity index (χ2n) is 3.64. The molecule has 1 rings (SSSR count). The maximum absolute atomic E-state index is 11.6. The minimum Gasteiger partial charge on any atom is -0.357 e. The number of rotatable bonds is 4. The molecule has 0 bridgehead atoms.